The van der Waals surface area contributed by atoms with Crippen molar-refractivity contribution in [1.29, 1.82) is 0 Å². The third kappa shape index (κ3) is 2.93. The number of hydrogen-bond acceptors (Lipinski definition) is 6. The summed E-state index contributed by atoms with van der Waals surface area (Å²) in [7, 11) is 1.31. The van der Waals surface area contributed by atoms with Crippen molar-refractivity contribution in [3.05, 3.63) is 41.6 Å². The maximum Gasteiger partial charge on any atom is 0.352 e. The van der Waals surface area contributed by atoms with Gasteiger partial charge in [-0.2, -0.15) is 0 Å². The van der Waals surface area contributed by atoms with E-state index in [0.717, 1.165) is 4.90 Å². The number of β-lactam (4-membered cyclic amide) rings is 1. The Bertz CT molecular complexity index is 781. The van der Waals surface area contributed by atoms with E-state index < -0.39 is 28.9 Å². The second-order valence-electron chi connectivity index (χ2n) is 5.86. The van der Waals surface area contributed by atoms with Gasteiger partial charge in [0.2, 0.25) is 0 Å². The van der Waals surface area contributed by atoms with Gasteiger partial charge in [-0.25, -0.2) is 4.79 Å². The fourth-order valence-corrected chi connectivity index (χ4v) is 4.33. The number of methoxy groups -OCH3 is 1. The fourth-order valence-electron chi connectivity index (χ4n) is 2.94. The van der Waals surface area contributed by atoms with Gasteiger partial charge in [-0.3, -0.25) is 14.5 Å². The van der Waals surface area contributed by atoms with E-state index in [-0.39, 0.29) is 12.3 Å². The SMILES string of the molecule is CO[C@]1(NC(=O)COc2ccccc2)C(=O)N2C(C(=O)O)=C(C)CS[C@@H]21. The van der Waals surface area contributed by atoms with Crippen molar-refractivity contribution in [2.24, 2.45) is 0 Å². The number of carbonyl (C=O) groups is 3. The van der Waals surface area contributed by atoms with E-state index in [2.05, 4.69) is 5.32 Å². The van der Waals surface area contributed by atoms with Gasteiger partial charge in [0.15, 0.2) is 6.61 Å². The minimum atomic E-state index is -1.59. The number of nitrogens with zero attached hydrogens (tertiary/aromatic N) is 1. The van der Waals surface area contributed by atoms with E-state index in [1.54, 1.807) is 31.2 Å². The highest BCUT2D eigenvalue weighted by atomic mass is 32.2. The largest absolute Gasteiger partial charge is 0.484 e. The van der Waals surface area contributed by atoms with Crippen LogP contribution in [0.3, 0.4) is 0 Å². The molecule has 8 nitrogen and oxygen atoms in total. The topological polar surface area (TPSA) is 105 Å². The molecule has 2 aliphatic heterocycles. The van der Waals surface area contributed by atoms with E-state index in [0.29, 0.717) is 17.1 Å². The molecule has 9 heteroatoms. The molecule has 3 rings (SSSR count). The van der Waals surface area contributed by atoms with Crippen molar-refractivity contribution >= 4 is 29.5 Å². The number of fused-ring (bicyclic) bond motifs is 1. The molecule has 2 aliphatic rings. The first-order valence-corrected chi connectivity index (χ1v) is 8.88. The molecule has 0 unspecified atom stereocenters. The number of hydrogen-bond donors (Lipinski definition) is 2. The normalized spacial score (nSPS) is 24.6. The van der Waals surface area contributed by atoms with E-state index in [4.69, 9.17) is 9.47 Å². The van der Waals surface area contributed by atoms with Crippen LogP contribution in [-0.4, -0.2) is 58.4 Å². The standard InChI is InChI=1S/C17H18N2O6S/c1-10-9-26-16-17(24-2,15(23)19(16)13(10)14(21)22)18-12(20)8-25-11-6-4-3-5-7-11/h3-7,16H,8-9H2,1-2H3,(H,18,20)(H,21,22)/t16-,17-/m1/s1. The van der Waals surface area contributed by atoms with Crippen LogP contribution in [0.4, 0.5) is 0 Å². The highest BCUT2D eigenvalue weighted by molar-refractivity contribution is 8.00. The Morgan fingerprint density at radius 3 is 2.69 bits per heavy atom. The van der Waals surface area contributed by atoms with Gasteiger partial charge in [0.25, 0.3) is 17.5 Å². The third-order valence-electron chi connectivity index (χ3n) is 4.18. The number of benzene rings is 1. The lowest BCUT2D eigenvalue weighted by atomic mass is 9.98. The average Bonchev–Trinajstić information content (AvgIpc) is 2.64. The van der Waals surface area contributed by atoms with Gasteiger partial charge in [0.1, 0.15) is 16.8 Å². The molecule has 26 heavy (non-hydrogen) atoms. The van der Waals surface area contributed by atoms with Crippen molar-refractivity contribution in [1.82, 2.24) is 10.2 Å². The molecule has 2 N–H and O–H groups in total. The van der Waals surface area contributed by atoms with Crippen molar-refractivity contribution in [2.75, 3.05) is 19.5 Å². The summed E-state index contributed by atoms with van der Waals surface area (Å²) in [4.78, 5) is 37.5. The second kappa shape index (κ2) is 7.00. The number of rotatable bonds is 6. The summed E-state index contributed by atoms with van der Waals surface area (Å²) in [6.45, 7) is 1.37. The predicted molar refractivity (Wildman–Crippen MR) is 93.2 cm³/mol. The summed E-state index contributed by atoms with van der Waals surface area (Å²) in [6, 6.07) is 8.79. The minimum absolute atomic E-state index is 0.0544. The van der Waals surface area contributed by atoms with Gasteiger partial charge in [0.05, 0.1) is 0 Å². The summed E-state index contributed by atoms with van der Waals surface area (Å²) in [6.07, 6.45) is 0. The zero-order valence-electron chi connectivity index (χ0n) is 14.2. The van der Waals surface area contributed by atoms with Crippen molar-refractivity contribution in [3.63, 3.8) is 0 Å². The van der Waals surface area contributed by atoms with E-state index in [1.165, 1.54) is 18.9 Å². The molecule has 1 aromatic rings. The quantitative estimate of drug-likeness (QED) is 0.557. The van der Waals surface area contributed by atoms with Crippen LogP contribution in [0.15, 0.2) is 41.6 Å². The first-order chi connectivity index (χ1) is 12.4. The van der Waals surface area contributed by atoms with Crippen LogP contribution < -0.4 is 10.1 Å². The molecule has 0 spiro atoms. The molecule has 2 atom stereocenters. The minimum Gasteiger partial charge on any atom is -0.484 e. The first-order valence-electron chi connectivity index (χ1n) is 7.83. The van der Waals surface area contributed by atoms with Gasteiger partial charge in [-0.1, -0.05) is 18.2 Å². The van der Waals surface area contributed by atoms with Gasteiger partial charge in [-0.15, -0.1) is 11.8 Å². The van der Waals surface area contributed by atoms with Gasteiger partial charge >= 0.3 is 5.97 Å². The maximum absolute atomic E-state index is 12.7. The lowest BCUT2D eigenvalue weighted by Crippen LogP contribution is -2.80. The highest BCUT2D eigenvalue weighted by Crippen LogP contribution is 2.46. The number of thioether (sulfide) groups is 1. The van der Waals surface area contributed by atoms with Crippen LogP contribution in [-0.2, 0) is 19.1 Å². The molecule has 2 heterocycles. The van der Waals surface area contributed by atoms with Crippen molar-refractivity contribution in [2.45, 2.75) is 18.0 Å². The van der Waals surface area contributed by atoms with Crippen LogP contribution in [0.25, 0.3) is 0 Å². The number of para-hydroxylation sites is 1. The monoisotopic (exact) mass is 378 g/mol. The maximum atomic E-state index is 12.7. The van der Waals surface area contributed by atoms with E-state index >= 15 is 0 Å². The molecule has 0 aliphatic carbocycles. The van der Waals surface area contributed by atoms with Gasteiger partial charge < -0.3 is 19.9 Å². The summed E-state index contributed by atoms with van der Waals surface area (Å²) < 4.78 is 10.7. The fraction of sp³-hybridized carbons (Fsp3) is 0.353. The molecule has 1 fully saturated rings. The average molecular weight is 378 g/mol. The highest BCUT2D eigenvalue weighted by Gasteiger charge is 2.66. The van der Waals surface area contributed by atoms with Crippen LogP contribution in [0, 0.1) is 0 Å². The van der Waals surface area contributed by atoms with Gasteiger partial charge in [0, 0.05) is 12.9 Å². The van der Waals surface area contributed by atoms with Crippen LogP contribution in [0.5, 0.6) is 5.75 Å². The summed E-state index contributed by atoms with van der Waals surface area (Å²) >= 11 is 1.34. The smallest absolute Gasteiger partial charge is 0.352 e. The number of carboxylic acid groups (broad SMARTS) is 1. The molecule has 2 amide bonds. The molecule has 1 saturated heterocycles. The van der Waals surface area contributed by atoms with Crippen LogP contribution >= 0.6 is 11.8 Å². The molecule has 0 saturated carbocycles. The van der Waals surface area contributed by atoms with Crippen molar-refractivity contribution < 1.29 is 29.0 Å². The molecular formula is C17H18N2O6S. The zero-order chi connectivity index (χ0) is 18.9. The molecular weight excluding hydrogens is 360 g/mol. The van der Waals surface area contributed by atoms with Crippen LogP contribution in [0.2, 0.25) is 0 Å². The Morgan fingerprint density at radius 2 is 2.08 bits per heavy atom. The lowest BCUT2D eigenvalue weighted by molar-refractivity contribution is -0.192. The van der Waals surface area contributed by atoms with E-state index in [1.807, 2.05) is 6.07 Å². The third-order valence-corrected chi connectivity index (χ3v) is 5.64. The number of carboxylic acids is 1. The summed E-state index contributed by atoms with van der Waals surface area (Å²) in [5.41, 5.74) is -1.06. The number of ether oxygens (including phenoxy) is 2. The number of aliphatic carboxylic acids is 1. The molecule has 0 radical (unpaired) electrons. The Kier molecular flexibility index (Phi) is 4.92. The summed E-state index contributed by atoms with van der Waals surface area (Å²) in [5, 5.41) is 11.3. The van der Waals surface area contributed by atoms with Crippen molar-refractivity contribution in [3.8, 4) is 5.75 Å². The Hall–Kier alpha value is -2.52. The predicted octanol–water partition coefficient (Wildman–Crippen LogP) is 0.798. The Balaban J connectivity index is 1.71. The number of carbonyl (C=O) groups excluding carboxylic acids is 2. The first kappa shape index (κ1) is 18.3. The van der Waals surface area contributed by atoms with E-state index in [9.17, 15) is 19.5 Å². The second-order valence-corrected chi connectivity index (χ2v) is 6.93. The molecule has 0 aromatic heterocycles. The summed E-state index contributed by atoms with van der Waals surface area (Å²) in [5.74, 6) is -1.37. The Labute approximate surface area is 154 Å². The molecule has 0 bridgehead atoms. The van der Waals surface area contributed by atoms with Crippen LogP contribution in [0.1, 0.15) is 6.92 Å². The number of amides is 2. The molecule has 1 aromatic carbocycles. The number of nitrogens with one attached hydrogen (secondary N) is 1. The van der Waals surface area contributed by atoms with Gasteiger partial charge in [-0.05, 0) is 24.6 Å². The Morgan fingerprint density at radius 1 is 1.38 bits per heavy atom. The zero-order valence-corrected chi connectivity index (χ0v) is 15.0. The lowest BCUT2D eigenvalue weighted by Gasteiger charge is -2.55. The molecule has 138 valence electrons.